The second kappa shape index (κ2) is 43.6. The standard InChI is InChI=1S/C48H90NO10P/c1-3-5-7-9-11-13-15-17-19-21-22-24-25-27-29-31-33-35-37-39-46(51)49-45(48(53)54)43-59-60(55,56)58-42-44(50)41-57-47(52)40-38-36-34-32-30-28-26-23-20-18-16-14-12-10-8-6-4-2/h12,14,18,20,44-45,50H,3-11,13,15-17,19,21-43H2,1-2H3,(H,49,51)(H,53,54)(H,55,56)/b14-12-,20-18-. The minimum atomic E-state index is -4.76. The Labute approximate surface area is 366 Å². The number of aliphatic hydroxyl groups is 1. The van der Waals surface area contributed by atoms with Crippen LogP contribution in [0.5, 0.6) is 0 Å². The third-order valence-corrected chi connectivity index (χ3v) is 11.7. The zero-order valence-electron chi connectivity index (χ0n) is 38.3. The van der Waals surface area contributed by atoms with Gasteiger partial charge >= 0.3 is 19.8 Å². The lowest BCUT2D eigenvalue weighted by atomic mass is 10.0. The Morgan fingerprint density at radius 1 is 0.533 bits per heavy atom. The first-order valence-corrected chi connectivity index (χ1v) is 25.9. The van der Waals surface area contributed by atoms with Crippen LogP contribution >= 0.6 is 7.82 Å². The number of carbonyl (C=O) groups excluding carboxylic acids is 2. The minimum Gasteiger partial charge on any atom is -0.480 e. The number of amides is 1. The van der Waals surface area contributed by atoms with E-state index in [0.29, 0.717) is 12.8 Å². The number of carbonyl (C=O) groups is 3. The molecule has 1 amide bonds. The van der Waals surface area contributed by atoms with Crippen molar-refractivity contribution in [2.24, 2.45) is 0 Å². The number of nitrogens with one attached hydrogen (secondary N) is 1. The van der Waals surface area contributed by atoms with Crippen LogP contribution in [0.1, 0.15) is 232 Å². The number of carboxylic acid groups (broad SMARTS) is 1. The fourth-order valence-electron chi connectivity index (χ4n) is 6.94. The quantitative estimate of drug-likeness (QED) is 0.0200. The molecule has 3 unspecified atom stereocenters. The molecule has 11 nitrogen and oxygen atoms in total. The molecule has 0 aromatic heterocycles. The molecule has 0 bridgehead atoms. The van der Waals surface area contributed by atoms with E-state index >= 15 is 0 Å². The van der Waals surface area contributed by atoms with Gasteiger partial charge in [0.2, 0.25) is 5.91 Å². The summed E-state index contributed by atoms with van der Waals surface area (Å²) in [6.45, 7) is 2.59. The lowest BCUT2D eigenvalue weighted by Gasteiger charge is -2.18. The summed E-state index contributed by atoms with van der Waals surface area (Å²) < 4.78 is 26.9. The number of carboxylic acids is 1. The maximum Gasteiger partial charge on any atom is 0.472 e. The van der Waals surface area contributed by atoms with Crippen molar-refractivity contribution in [2.45, 2.75) is 244 Å². The van der Waals surface area contributed by atoms with Crippen molar-refractivity contribution < 1.29 is 47.8 Å². The van der Waals surface area contributed by atoms with Gasteiger partial charge in [-0.1, -0.05) is 199 Å². The Balaban J connectivity index is 3.84. The highest BCUT2D eigenvalue weighted by Gasteiger charge is 2.28. The molecular formula is C48H90NO10P. The zero-order chi connectivity index (χ0) is 44.2. The zero-order valence-corrected chi connectivity index (χ0v) is 39.2. The molecule has 0 radical (unpaired) electrons. The molecule has 12 heteroatoms. The number of unbranched alkanes of at least 4 members (excludes halogenated alkanes) is 28. The van der Waals surface area contributed by atoms with Gasteiger partial charge in [0, 0.05) is 12.8 Å². The number of hydrogen-bond acceptors (Lipinski definition) is 8. The maximum absolute atomic E-state index is 12.3. The Kier molecular flexibility index (Phi) is 42.1. The summed E-state index contributed by atoms with van der Waals surface area (Å²) in [5.74, 6) is -2.37. The number of aliphatic hydroxyl groups excluding tert-OH is 1. The third kappa shape index (κ3) is 42.6. The molecule has 0 fully saturated rings. The molecule has 0 aromatic rings. The van der Waals surface area contributed by atoms with Gasteiger partial charge in [-0.05, 0) is 44.9 Å². The molecule has 4 N–H and O–H groups in total. The number of rotatable bonds is 46. The molecule has 0 aliphatic heterocycles. The van der Waals surface area contributed by atoms with E-state index in [-0.39, 0.29) is 12.8 Å². The molecule has 352 valence electrons. The summed E-state index contributed by atoms with van der Waals surface area (Å²) in [5, 5.41) is 21.9. The topological polar surface area (TPSA) is 169 Å². The van der Waals surface area contributed by atoms with Crippen LogP contribution < -0.4 is 5.32 Å². The molecule has 0 aromatic carbocycles. The normalized spacial score (nSPS) is 13.8. The van der Waals surface area contributed by atoms with Crippen molar-refractivity contribution in [2.75, 3.05) is 19.8 Å². The molecule has 0 heterocycles. The number of allylic oxidation sites excluding steroid dienone is 4. The average Bonchev–Trinajstić information content (AvgIpc) is 3.22. The van der Waals surface area contributed by atoms with Crippen molar-refractivity contribution in [1.29, 1.82) is 0 Å². The van der Waals surface area contributed by atoms with Gasteiger partial charge in [0.15, 0.2) is 6.04 Å². The molecule has 0 rings (SSSR count). The first-order chi connectivity index (χ1) is 29.1. The summed E-state index contributed by atoms with van der Waals surface area (Å²) in [4.78, 5) is 46.0. The lowest BCUT2D eigenvalue weighted by molar-refractivity contribution is -0.147. The average molecular weight is 872 g/mol. The molecule has 60 heavy (non-hydrogen) atoms. The van der Waals surface area contributed by atoms with E-state index in [4.69, 9.17) is 13.8 Å². The van der Waals surface area contributed by atoms with E-state index in [0.717, 1.165) is 51.4 Å². The lowest BCUT2D eigenvalue weighted by Crippen LogP contribution is -2.43. The number of aliphatic carboxylic acids is 1. The van der Waals surface area contributed by atoms with E-state index in [9.17, 15) is 34.1 Å². The molecule has 0 spiro atoms. The van der Waals surface area contributed by atoms with Crippen molar-refractivity contribution in [3.05, 3.63) is 24.3 Å². The molecule has 0 aliphatic rings. The van der Waals surface area contributed by atoms with Crippen LogP contribution in [-0.4, -0.2) is 64.9 Å². The predicted molar refractivity (Wildman–Crippen MR) is 245 cm³/mol. The van der Waals surface area contributed by atoms with Gasteiger partial charge in [-0.15, -0.1) is 0 Å². The highest BCUT2D eigenvalue weighted by molar-refractivity contribution is 7.47. The number of esters is 1. The number of phosphoric acid groups is 1. The van der Waals surface area contributed by atoms with Gasteiger partial charge in [-0.2, -0.15) is 0 Å². The summed E-state index contributed by atoms with van der Waals surface area (Å²) in [5.41, 5.74) is 0. The van der Waals surface area contributed by atoms with Crippen LogP contribution in [0, 0.1) is 0 Å². The second-order valence-electron chi connectivity index (χ2n) is 16.7. The van der Waals surface area contributed by atoms with Gasteiger partial charge in [-0.3, -0.25) is 18.6 Å². The molecule has 3 atom stereocenters. The highest BCUT2D eigenvalue weighted by Crippen LogP contribution is 2.43. The fraction of sp³-hybridized carbons (Fsp3) is 0.854. The van der Waals surface area contributed by atoms with E-state index in [1.54, 1.807) is 0 Å². The SMILES string of the molecule is CCCCC/C=C\C/C=C\CCCCCCCCCC(=O)OCC(O)COP(=O)(O)OCC(NC(=O)CCCCCCCCCCCCCCCCCCCCC)C(=O)O. The number of phosphoric ester groups is 1. The van der Waals surface area contributed by atoms with Crippen LogP contribution in [0.4, 0.5) is 0 Å². The summed E-state index contributed by atoms with van der Waals surface area (Å²) in [6.07, 6.45) is 46.2. The van der Waals surface area contributed by atoms with Crippen LogP contribution in [-0.2, 0) is 32.7 Å². The van der Waals surface area contributed by atoms with Crippen molar-refractivity contribution >= 4 is 25.7 Å². The summed E-state index contributed by atoms with van der Waals surface area (Å²) in [7, 11) is -4.76. The predicted octanol–water partition coefficient (Wildman–Crippen LogP) is 13.0. The Bertz CT molecular complexity index is 1120. The van der Waals surface area contributed by atoms with E-state index in [2.05, 4.69) is 43.5 Å². The van der Waals surface area contributed by atoms with Crippen molar-refractivity contribution in [1.82, 2.24) is 5.32 Å². The first-order valence-electron chi connectivity index (χ1n) is 24.4. The summed E-state index contributed by atoms with van der Waals surface area (Å²) >= 11 is 0. The summed E-state index contributed by atoms with van der Waals surface area (Å²) in [6, 6.07) is -1.54. The molecule has 0 aliphatic carbocycles. The molecule has 0 saturated heterocycles. The van der Waals surface area contributed by atoms with E-state index in [1.165, 1.54) is 141 Å². The molecule has 0 saturated carbocycles. The highest BCUT2D eigenvalue weighted by atomic mass is 31.2. The van der Waals surface area contributed by atoms with Crippen molar-refractivity contribution in [3.63, 3.8) is 0 Å². The fourth-order valence-corrected chi connectivity index (χ4v) is 7.71. The van der Waals surface area contributed by atoms with E-state index < -0.39 is 57.6 Å². The van der Waals surface area contributed by atoms with Gasteiger partial charge in [0.1, 0.15) is 12.7 Å². The second-order valence-corrected chi connectivity index (χ2v) is 18.1. The minimum absolute atomic E-state index is 0.150. The van der Waals surface area contributed by atoms with Crippen LogP contribution in [0.3, 0.4) is 0 Å². The smallest absolute Gasteiger partial charge is 0.472 e. The van der Waals surface area contributed by atoms with Crippen LogP contribution in [0.2, 0.25) is 0 Å². The van der Waals surface area contributed by atoms with Gasteiger partial charge in [0.25, 0.3) is 0 Å². The Hall–Kier alpha value is -2.04. The largest absolute Gasteiger partial charge is 0.480 e. The monoisotopic (exact) mass is 872 g/mol. The van der Waals surface area contributed by atoms with Gasteiger partial charge in [-0.25, -0.2) is 9.36 Å². The number of hydrogen-bond donors (Lipinski definition) is 4. The molecular weight excluding hydrogens is 781 g/mol. The number of ether oxygens (including phenoxy) is 1. The van der Waals surface area contributed by atoms with Crippen LogP contribution in [0.15, 0.2) is 24.3 Å². The first kappa shape index (κ1) is 58.0. The van der Waals surface area contributed by atoms with Crippen molar-refractivity contribution in [3.8, 4) is 0 Å². The maximum atomic E-state index is 12.3. The third-order valence-electron chi connectivity index (χ3n) is 10.7. The Morgan fingerprint density at radius 3 is 1.38 bits per heavy atom. The van der Waals surface area contributed by atoms with Crippen LogP contribution in [0.25, 0.3) is 0 Å². The van der Waals surface area contributed by atoms with Gasteiger partial charge in [0.05, 0.1) is 13.2 Å². The van der Waals surface area contributed by atoms with E-state index in [1.807, 2.05) is 0 Å². The van der Waals surface area contributed by atoms with Gasteiger partial charge < -0.3 is 25.2 Å². The Morgan fingerprint density at radius 2 is 0.917 bits per heavy atom.